The first-order chi connectivity index (χ1) is 16.3. The van der Waals surface area contributed by atoms with Gasteiger partial charge in [0.25, 0.3) is 0 Å². The SMILES string of the molecule is S=P([S-])(OC1CCCCC1)OC1CCCCC1.S=P([S-])(OC1CCCCC1)OC1CCCCC1.[Mg+2]. The first-order valence-electron chi connectivity index (χ1n) is 13.7. The average Bonchev–Trinajstić information content (AvgIpc) is 2.81. The maximum Gasteiger partial charge on any atom is 2.00 e. The molecule has 0 aromatic carbocycles. The molecule has 4 aliphatic carbocycles. The van der Waals surface area contributed by atoms with Gasteiger partial charge in [-0.15, -0.1) is 0 Å². The molecule has 11 heteroatoms. The van der Waals surface area contributed by atoms with Gasteiger partial charge in [0, 0.05) is 0 Å². The summed E-state index contributed by atoms with van der Waals surface area (Å²) < 4.78 is 23.6. The van der Waals surface area contributed by atoms with Gasteiger partial charge < -0.3 is 42.6 Å². The number of rotatable bonds is 8. The molecule has 0 radical (unpaired) electrons. The summed E-state index contributed by atoms with van der Waals surface area (Å²) in [7, 11) is 0. The van der Waals surface area contributed by atoms with Crippen molar-refractivity contribution in [2.45, 2.75) is 153 Å². The van der Waals surface area contributed by atoms with Gasteiger partial charge >= 0.3 is 23.1 Å². The van der Waals surface area contributed by atoms with Crippen molar-refractivity contribution in [2.24, 2.45) is 0 Å². The zero-order chi connectivity index (χ0) is 24.3. The fraction of sp³-hybridized carbons (Fsp3) is 1.00. The van der Waals surface area contributed by atoms with E-state index in [1.165, 1.54) is 77.0 Å². The van der Waals surface area contributed by atoms with E-state index in [1.807, 2.05) is 0 Å². The molecule has 0 atom stereocenters. The van der Waals surface area contributed by atoms with E-state index < -0.39 is 11.4 Å². The minimum Gasteiger partial charge on any atom is -0.691 e. The third-order valence-electron chi connectivity index (χ3n) is 7.32. The van der Waals surface area contributed by atoms with Crippen LogP contribution in [0.5, 0.6) is 0 Å². The Morgan fingerprint density at radius 1 is 0.400 bits per heavy atom. The molecule has 0 bridgehead atoms. The molecular formula is C24H44MgO4P2S4. The summed E-state index contributed by atoms with van der Waals surface area (Å²) in [6, 6.07) is 0. The van der Waals surface area contributed by atoms with E-state index in [0.29, 0.717) is 0 Å². The van der Waals surface area contributed by atoms with E-state index in [2.05, 4.69) is 0 Å². The van der Waals surface area contributed by atoms with Gasteiger partial charge in [-0.05, 0) is 51.4 Å². The summed E-state index contributed by atoms with van der Waals surface area (Å²) in [5.41, 5.74) is -4.83. The van der Waals surface area contributed by atoms with E-state index in [4.69, 9.17) is 66.2 Å². The van der Waals surface area contributed by atoms with Crippen molar-refractivity contribution in [1.82, 2.24) is 0 Å². The smallest absolute Gasteiger partial charge is 0.691 e. The predicted molar refractivity (Wildman–Crippen MR) is 161 cm³/mol. The third kappa shape index (κ3) is 14.7. The molecule has 0 spiro atoms. The topological polar surface area (TPSA) is 36.9 Å². The van der Waals surface area contributed by atoms with Gasteiger partial charge in [-0.25, -0.2) is 0 Å². The Morgan fingerprint density at radius 3 is 0.743 bits per heavy atom. The van der Waals surface area contributed by atoms with Crippen molar-refractivity contribution < 1.29 is 18.1 Å². The number of hydrogen-bond donors (Lipinski definition) is 0. The van der Waals surface area contributed by atoms with E-state index in [1.54, 1.807) is 0 Å². The molecule has 0 aromatic rings. The van der Waals surface area contributed by atoms with Crippen molar-refractivity contribution in [3.05, 3.63) is 0 Å². The van der Waals surface area contributed by atoms with Gasteiger partial charge in [0.05, 0.1) is 35.8 Å². The Kier molecular flexibility index (Phi) is 17.5. The van der Waals surface area contributed by atoms with Crippen molar-refractivity contribution in [2.75, 3.05) is 0 Å². The van der Waals surface area contributed by atoms with Crippen molar-refractivity contribution >= 4 is 82.6 Å². The Hall–Kier alpha value is 2.61. The average molecular weight is 611 g/mol. The molecule has 4 fully saturated rings. The fourth-order valence-corrected chi connectivity index (χ4v) is 10.8. The van der Waals surface area contributed by atoms with Gasteiger partial charge in [-0.3, -0.25) is 0 Å². The summed E-state index contributed by atoms with van der Waals surface area (Å²) in [5, 5.41) is 0. The Labute approximate surface area is 251 Å². The molecule has 4 saturated carbocycles. The van der Waals surface area contributed by atoms with Crippen LogP contribution in [0.15, 0.2) is 0 Å². The predicted octanol–water partition coefficient (Wildman–Crippen LogP) is 8.53. The van der Waals surface area contributed by atoms with Crippen molar-refractivity contribution in [3.63, 3.8) is 0 Å². The summed E-state index contributed by atoms with van der Waals surface area (Å²) in [5.74, 6) is 0. The zero-order valence-electron chi connectivity index (χ0n) is 21.3. The first-order valence-corrected chi connectivity index (χ1v) is 21.0. The van der Waals surface area contributed by atoms with Crippen molar-refractivity contribution in [3.8, 4) is 0 Å². The van der Waals surface area contributed by atoms with Crippen LogP contribution in [0.1, 0.15) is 128 Å². The first kappa shape index (κ1) is 33.8. The fourth-order valence-electron chi connectivity index (χ4n) is 5.46. The van der Waals surface area contributed by atoms with Crippen LogP contribution in [0.2, 0.25) is 0 Å². The second-order valence-corrected chi connectivity index (χ2v) is 20.1. The van der Waals surface area contributed by atoms with Crippen LogP contribution in [-0.2, 0) is 66.2 Å². The van der Waals surface area contributed by atoms with Gasteiger partial charge in [-0.2, -0.15) is 0 Å². The molecule has 0 heterocycles. The molecule has 0 aromatic heterocycles. The minimum atomic E-state index is -2.41. The minimum absolute atomic E-state index is 0. The number of hydrogen-bond acceptors (Lipinski definition) is 8. The van der Waals surface area contributed by atoms with Gasteiger partial charge in [0.1, 0.15) is 0 Å². The molecule has 4 aliphatic rings. The van der Waals surface area contributed by atoms with Crippen LogP contribution in [0.25, 0.3) is 0 Å². The molecule has 35 heavy (non-hydrogen) atoms. The van der Waals surface area contributed by atoms with E-state index in [9.17, 15) is 0 Å². The second kappa shape index (κ2) is 18.1. The van der Waals surface area contributed by atoms with Crippen LogP contribution < -0.4 is 0 Å². The molecule has 0 N–H and O–H groups in total. The molecule has 0 saturated heterocycles. The molecule has 4 rings (SSSR count). The standard InChI is InChI=1S/2C12H23O2PS2.Mg/c2*16-15(17,13-11-7-3-1-4-8-11)14-12-9-5-2-6-10-12;/h2*11-12H,1-10H2,(H,16,17);/q;;+2/p-2. The maximum atomic E-state index is 5.90. The molecule has 0 amide bonds. The monoisotopic (exact) mass is 610 g/mol. The summed E-state index contributed by atoms with van der Waals surface area (Å²) in [4.78, 5) is 0. The summed E-state index contributed by atoms with van der Waals surface area (Å²) in [6.45, 7) is 0. The van der Waals surface area contributed by atoms with E-state index >= 15 is 0 Å². The van der Waals surface area contributed by atoms with Crippen LogP contribution in [0.4, 0.5) is 0 Å². The Morgan fingerprint density at radius 2 is 0.571 bits per heavy atom. The largest absolute Gasteiger partial charge is 2.00 e. The van der Waals surface area contributed by atoms with Gasteiger partial charge in [0.15, 0.2) is 0 Å². The quantitative estimate of drug-likeness (QED) is 0.154. The Balaban J connectivity index is 0.000000240. The van der Waals surface area contributed by atoms with Crippen LogP contribution in [0.3, 0.4) is 0 Å². The zero-order valence-corrected chi connectivity index (χ0v) is 27.8. The third-order valence-corrected chi connectivity index (χ3v) is 11.6. The Bertz CT molecular complexity index is 562. The maximum absolute atomic E-state index is 5.90. The molecular weight excluding hydrogens is 567 g/mol. The summed E-state index contributed by atoms with van der Waals surface area (Å²) >= 11 is 21.5. The van der Waals surface area contributed by atoms with E-state index in [0.717, 1.165) is 51.4 Å². The molecule has 4 nitrogen and oxygen atoms in total. The van der Waals surface area contributed by atoms with Crippen molar-refractivity contribution in [1.29, 1.82) is 0 Å². The van der Waals surface area contributed by atoms with Gasteiger partial charge in [0.2, 0.25) is 0 Å². The summed E-state index contributed by atoms with van der Waals surface area (Å²) in [6.07, 6.45) is 25.3. The van der Waals surface area contributed by atoms with Gasteiger partial charge in [-0.1, -0.05) is 101 Å². The normalized spacial score (nSPS) is 24.3. The van der Waals surface area contributed by atoms with Crippen LogP contribution in [-0.4, -0.2) is 47.5 Å². The molecule has 0 unspecified atom stereocenters. The molecule has 0 aliphatic heterocycles. The van der Waals surface area contributed by atoms with Crippen LogP contribution in [0, 0.1) is 0 Å². The van der Waals surface area contributed by atoms with Crippen LogP contribution >= 0.6 is 11.4 Å². The van der Waals surface area contributed by atoms with E-state index in [-0.39, 0.29) is 47.5 Å². The second-order valence-electron chi connectivity index (χ2n) is 10.4. The molecule has 200 valence electrons.